The van der Waals surface area contributed by atoms with E-state index < -0.39 is 18.0 Å². The molecule has 2 aromatic rings. The van der Waals surface area contributed by atoms with Crippen molar-refractivity contribution < 1.29 is 27.9 Å². The second-order valence-corrected chi connectivity index (χ2v) is 5.57. The molecule has 2 rings (SSSR count). The zero-order valence-corrected chi connectivity index (χ0v) is 14.4. The summed E-state index contributed by atoms with van der Waals surface area (Å²) in [4.78, 5) is 11.6. The first-order chi connectivity index (χ1) is 12.2. The van der Waals surface area contributed by atoms with Gasteiger partial charge < -0.3 is 15.3 Å². The van der Waals surface area contributed by atoms with E-state index in [4.69, 9.17) is 23.2 Å². The molecule has 0 radical (unpaired) electrons. The Morgan fingerprint density at radius 3 is 2.50 bits per heavy atom. The van der Waals surface area contributed by atoms with E-state index in [1.807, 2.05) is 0 Å². The van der Waals surface area contributed by atoms with Crippen molar-refractivity contribution >= 4 is 40.5 Å². The fourth-order valence-corrected chi connectivity index (χ4v) is 2.37. The number of carbonyl (C=O) groups excluding carboxylic acids is 1. The number of nitrogens with zero attached hydrogens (tertiary/aromatic N) is 1. The Morgan fingerprint density at radius 2 is 1.88 bits per heavy atom. The number of oxime groups is 1. The van der Waals surface area contributed by atoms with Crippen molar-refractivity contribution in [2.24, 2.45) is 5.16 Å². The molecule has 0 unspecified atom stereocenters. The van der Waals surface area contributed by atoms with Crippen molar-refractivity contribution in [3.05, 3.63) is 58.6 Å². The number of nitrogens with one attached hydrogen (secondary N) is 1. The van der Waals surface area contributed by atoms with Crippen LogP contribution in [0.3, 0.4) is 0 Å². The maximum Gasteiger partial charge on any atom is 0.573 e. The summed E-state index contributed by atoms with van der Waals surface area (Å²) in [6.45, 7) is 0. The van der Waals surface area contributed by atoms with E-state index in [1.54, 1.807) is 0 Å². The SMILES string of the molecule is O=C(CCl)Nc1ccc(Cl)cc1/C(=N\O)c1ccccc1OC(F)(F)F. The van der Waals surface area contributed by atoms with Crippen LogP contribution in [0.25, 0.3) is 0 Å². The Bertz CT molecular complexity index is 842. The topological polar surface area (TPSA) is 70.9 Å². The van der Waals surface area contributed by atoms with E-state index in [-0.39, 0.29) is 33.4 Å². The molecule has 5 nitrogen and oxygen atoms in total. The van der Waals surface area contributed by atoms with E-state index in [0.29, 0.717) is 0 Å². The fraction of sp³-hybridized carbons (Fsp3) is 0.125. The van der Waals surface area contributed by atoms with Gasteiger partial charge in [-0.1, -0.05) is 28.9 Å². The minimum Gasteiger partial charge on any atom is -0.410 e. The van der Waals surface area contributed by atoms with Crippen LogP contribution in [0.15, 0.2) is 47.6 Å². The summed E-state index contributed by atoms with van der Waals surface area (Å²) in [7, 11) is 0. The van der Waals surface area contributed by atoms with Gasteiger partial charge >= 0.3 is 6.36 Å². The summed E-state index contributed by atoms with van der Waals surface area (Å²) in [6, 6.07) is 9.27. The summed E-state index contributed by atoms with van der Waals surface area (Å²) < 4.78 is 41.9. The third kappa shape index (κ3) is 5.03. The van der Waals surface area contributed by atoms with Crippen molar-refractivity contribution in [3.8, 4) is 5.75 Å². The minimum atomic E-state index is -4.94. The molecule has 10 heteroatoms. The summed E-state index contributed by atoms with van der Waals surface area (Å²) in [5.74, 6) is -1.49. The molecule has 26 heavy (non-hydrogen) atoms. The highest BCUT2D eigenvalue weighted by Crippen LogP contribution is 2.31. The second kappa shape index (κ2) is 8.29. The molecule has 0 aliphatic carbocycles. The van der Waals surface area contributed by atoms with Crippen LogP contribution in [0.1, 0.15) is 11.1 Å². The predicted molar refractivity (Wildman–Crippen MR) is 91.4 cm³/mol. The molecule has 0 aromatic heterocycles. The summed E-state index contributed by atoms with van der Waals surface area (Å²) in [5, 5.41) is 15.2. The van der Waals surface area contributed by atoms with Crippen molar-refractivity contribution in [1.82, 2.24) is 0 Å². The van der Waals surface area contributed by atoms with Crippen molar-refractivity contribution in [2.75, 3.05) is 11.2 Å². The van der Waals surface area contributed by atoms with Gasteiger partial charge in [0, 0.05) is 16.1 Å². The molecular weight excluding hydrogens is 396 g/mol. The molecule has 0 aliphatic heterocycles. The number of hydrogen-bond donors (Lipinski definition) is 2. The Kier molecular flexibility index (Phi) is 6.33. The first-order valence-electron chi connectivity index (χ1n) is 6.98. The molecular formula is C16H11Cl2F3N2O3. The Balaban J connectivity index is 2.57. The highest BCUT2D eigenvalue weighted by Gasteiger charge is 2.33. The highest BCUT2D eigenvalue weighted by molar-refractivity contribution is 6.32. The summed E-state index contributed by atoms with van der Waals surface area (Å²) >= 11 is 11.4. The van der Waals surface area contributed by atoms with Crippen LogP contribution in [0.4, 0.5) is 18.9 Å². The molecule has 138 valence electrons. The molecule has 2 aromatic carbocycles. The number of carbonyl (C=O) groups is 1. The van der Waals surface area contributed by atoms with Gasteiger partial charge in [-0.3, -0.25) is 4.79 Å². The van der Waals surface area contributed by atoms with Gasteiger partial charge in [-0.25, -0.2) is 0 Å². The molecule has 0 bridgehead atoms. The van der Waals surface area contributed by atoms with Crippen LogP contribution < -0.4 is 10.1 Å². The number of hydrogen-bond acceptors (Lipinski definition) is 4. The smallest absolute Gasteiger partial charge is 0.410 e. The first kappa shape index (κ1) is 19.9. The Morgan fingerprint density at radius 1 is 1.19 bits per heavy atom. The molecule has 0 saturated carbocycles. The average molecular weight is 407 g/mol. The number of anilines is 1. The van der Waals surface area contributed by atoms with Gasteiger partial charge in [-0.05, 0) is 30.3 Å². The van der Waals surface area contributed by atoms with Gasteiger partial charge in [0.25, 0.3) is 0 Å². The molecule has 1 amide bonds. The Hall–Kier alpha value is -2.45. The summed E-state index contributed by atoms with van der Waals surface area (Å²) in [5.41, 5.74) is -0.209. The standard InChI is InChI=1S/C16H11Cl2F3N2O3/c17-8-14(24)22-12-6-5-9(18)7-11(12)15(23-25)10-3-1-2-4-13(10)26-16(19,20)21/h1-7,25H,8H2,(H,22,24)/b23-15-. The number of halogens is 5. The molecule has 0 spiro atoms. The van der Waals surface area contributed by atoms with Gasteiger partial charge in [0.05, 0.1) is 5.69 Å². The van der Waals surface area contributed by atoms with E-state index in [1.165, 1.54) is 36.4 Å². The number of alkyl halides is 4. The van der Waals surface area contributed by atoms with Gasteiger partial charge in [-0.15, -0.1) is 24.8 Å². The average Bonchev–Trinajstić information content (AvgIpc) is 2.57. The van der Waals surface area contributed by atoms with Gasteiger partial charge in [0.1, 0.15) is 17.3 Å². The molecule has 0 heterocycles. The lowest BCUT2D eigenvalue weighted by atomic mass is 9.99. The molecule has 2 N–H and O–H groups in total. The largest absolute Gasteiger partial charge is 0.573 e. The van der Waals surface area contributed by atoms with E-state index in [9.17, 15) is 23.2 Å². The molecule has 0 fully saturated rings. The van der Waals surface area contributed by atoms with Crippen molar-refractivity contribution in [2.45, 2.75) is 6.36 Å². The number of para-hydroxylation sites is 1. The second-order valence-electron chi connectivity index (χ2n) is 4.86. The quantitative estimate of drug-likeness (QED) is 0.328. The monoisotopic (exact) mass is 406 g/mol. The third-order valence-corrected chi connectivity index (χ3v) is 3.58. The van der Waals surface area contributed by atoms with Crippen LogP contribution in [0.2, 0.25) is 5.02 Å². The lowest BCUT2D eigenvalue weighted by molar-refractivity contribution is -0.274. The number of rotatable bonds is 5. The maximum absolute atomic E-state index is 12.6. The lowest BCUT2D eigenvalue weighted by Gasteiger charge is -2.16. The van der Waals surface area contributed by atoms with Crippen LogP contribution in [-0.4, -0.2) is 29.1 Å². The van der Waals surface area contributed by atoms with Gasteiger partial charge in [-0.2, -0.15) is 0 Å². The number of benzene rings is 2. The van der Waals surface area contributed by atoms with Crippen molar-refractivity contribution in [1.29, 1.82) is 0 Å². The predicted octanol–water partition coefficient (Wildman–Crippen LogP) is 4.64. The summed E-state index contributed by atoms with van der Waals surface area (Å²) in [6.07, 6.45) is -4.94. The van der Waals surface area contributed by atoms with Crippen LogP contribution in [0.5, 0.6) is 5.75 Å². The highest BCUT2D eigenvalue weighted by atomic mass is 35.5. The minimum absolute atomic E-state index is 0.0803. The van der Waals surface area contributed by atoms with Crippen LogP contribution >= 0.6 is 23.2 Å². The Labute approximate surface area is 156 Å². The van der Waals surface area contributed by atoms with Crippen molar-refractivity contribution in [3.63, 3.8) is 0 Å². The normalized spacial score (nSPS) is 12.0. The third-order valence-electron chi connectivity index (χ3n) is 3.10. The van der Waals surface area contributed by atoms with Crippen LogP contribution in [0, 0.1) is 0 Å². The van der Waals surface area contributed by atoms with E-state index >= 15 is 0 Å². The fourth-order valence-electron chi connectivity index (χ4n) is 2.13. The first-order valence-corrected chi connectivity index (χ1v) is 7.89. The zero-order chi connectivity index (χ0) is 19.3. The zero-order valence-electron chi connectivity index (χ0n) is 12.8. The van der Waals surface area contributed by atoms with Gasteiger partial charge in [0.15, 0.2) is 0 Å². The number of amides is 1. The van der Waals surface area contributed by atoms with Crippen LogP contribution in [-0.2, 0) is 4.79 Å². The number of ether oxygens (including phenoxy) is 1. The van der Waals surface area contributed by atoms with E-state index in [2.05, 4.69) is 15.2 Å². The molecule has 0 atom stereocenters. The van der Waals surface area contributed by atoms with E-state index in [0.717, 1.165) is 6.07 Å². The molecule has 0 saturated heterocycles. The van der Waals surface area contributed by atoms with Gasteiger partial charge in [0.2, 0.25) is 5.91 Å². The maximum atomic E-state index is 12.6. The molecule has 0 aliphatic rings. The lowest BCUT2D eigenvalue weighted by Crippen LogP contribution is -2.20.